The van der Waals surface area contributed by atoms with Crippen molar-refractivity contribution in [2.45, 2.75) is 37.1 Å². The van der Waals surface area contributed by atoms with Crippen molar-refractivity contribution in [1.82, 2.24) is 0 Å². The molecular formula is C26H24Cl2N2O2S. The lowest BCUT2D eigenvalue weighted by molar-refractivity contribution is 0.425. The van der Waals surface area contributed by atoms with E-state index in [1.165, 1.54) is 0 Å². The maximum absolute atomic E-state index is 13.2. The molecule has 2 aliphatic rings. The largest absolute Gasteiger partial charge is 0.378 e. The number of anilines is 2. The van der Waals surface area contributed by atoms with Crippen molar-refractivity contribution in [3.63, 3.8) is 0 Å². The molecular weight excluding hydrogens is 475 g/mol. The number of allylic oxidation sites excluding steroid dienone is 2. The zero-order valence-electron chi connectivity index (χ0n) is 18.3. The summed E-state index contributed by atoms with van der Waals surface area (Å²) >= 11 is 12.6. The summed E-state index contributed by atoms with van der Waals surface area (Å²) in [6, 6.07) is 16.6. The fourth-order valence-electron chi connectivity index (χ4n) is 4.93. The third-order valence-corrected chi connectivity index (χ3v) is 8.49. The molecule has 1 aliphatic carbocycles. The normalized spacial score (nSPS) is 21.3. The van der Waals surface area contributed by atoms with Gasteiger partial charge in [-0.3, -0.25) is 4.72 Å². The first kappa shape index (κ1) is 22.3. The number of sulfonamides is 1. The van der Waals surface area contributed by atoms with Crippen LogP contribution in [0.15, 0.2) is 71.6 Å². The lowest BCUT2D eigenvalue weighted by atomic mass is 9.77. The molecule has 1 heterocycles. The van der Waals surface area contributed by atoms with Crippen molar-refractivity contribution in [2.75, 3.05) is 10.0 Å². The van der Waals surface area contributed by atoms with E-state index in [4.69, 9.17) is 23.2 Å². The number of hydrogen-bond donors (Lipinski definition) is 2. The van der Waals surface area contributed by atoms with E-state index in [0.717, 1.165) is 34.4 Å². The van der Waals surface area contributed by atoms with Crippen LogP contribution < -0.4 is 10.0 Å². The summed E-state index contributed by atoms with van der Waals surface area (Å²) in [5.41, 5.74) is 5.47. The van der Waals surface area contributed by atoms with Gasteiger partial charge in [-0.05, 0) is 79.3 Å². The predicted octanol–water partition coefficient (Wildman–Crippen LogP) is 7.24. The fraction of sp³-hybridized carbons (Fsp3) is 0.231. The lowest BCUT2D eigenvalue weighted by Gasteiger charge is -2.38. The van der Waals surface area contributed by atoms with E-state index in [2.05, 4.69) is 22.2 Å². The molecule has 0 amide bonds. The summed E-state index contributed by atoms with van der Waals surface area (Å²) in [5.74, 6) is 0.343. The fourth-order valence-corrected chi connectivity index (χ4v) is 6.62. The van der Waals surface area contributed by atoms with Crippen LogP contribution in [0, 0.1) is 19.8 Å². The molecule has 0 saturated carbocycles. The zero-order chi connectivity index (χ0) is 23.3. The maximum Gasteiger partial charge on any atom is 0.261 e. The highest BCUT2D eigenvalue weighted by Gasteiger charge is 2.39. The van der Waals surface area contributed by atoms with Crippen molar-refractivity contribution < 1.29 is 8.42 Å². The quantitative estimate of drug-likeness (QED) is 0.372. The van der Waals surface area contributed by atoms with Crippen molar-refractivity contribution in [3.05, 3.63) is 99.0 Å². The van der Waals surface area contributed by atoms with Crippen LogP contribution in [0.1, 0.15) is 40.6 Å². The molecule has 0 radical (unpaired) electrons. The molecule has 3 aromatic rings. The van der Waals surface area contributed by atoms with Crippen LogP contribution in [0.25, 0.3) is 0 Å². The van der Waals surface area contributed by atoms with Crippen molar-refractivity contribution in [3.8, 4) is 0 Å². The Balaban J connectivity index is 1.50. The summed E-state index contributed by atoms with van der Waals surface area (Å²) in [5, 5.41) is 4.84. The first-order valence-electron chi connectivity index (χ1n) is 10.8. The molecule has 33 heavy (non-hydrogen) atoms. The Morgan fingerprint density at radius 3 is 2.55 bits per heavy atom. The second kappa shape index (κ2) is 8.39. The van der Waals surface area contributed by atoms with Gasteiger partial charge in [0.2, 0.25) is 0 Å². The minimum atomic E-state index is -3.73. The van der Waals surface area contributed by atoms with Crippen LogP contribution in [0.2, 0.25) is 10.0 Å². The molecule has 3 atom stereocenters. The van der Waals surface area contributed by atoms with Crippen LogP contribution in [0.5, 0.6) is 0 Å². The number of rotatable bonds is 4. The summed E-state index contributed by atoms with van der Waals surface area (Å²) < 4.78 is 29.1. The highest BCUT2D eigenvalue weighted by Crippen LogP contribution is 2.51. The average molecular weight is 499 g/mol. The van der Waals surface area contributed by atoms with Gasteiger partial charge < -0.3 is 5.32 Å². The van der Waals surface area contributed by atoms with E-state index in [1.807, 2.05) is 44.2 Å². The van der Waals surface area contributed by atoms with Gasteiger partial charge in [-0.1, -0.05) is 59.1 Å². The Kier molecular flexibility index (Phi) is 5.68. The number of hydrogen-bond acceptors (Lipinski definition) is 3. The topological polar surface area (TPSA) is 58.2 Å². The Labute approximate surface area is 204 Å². The predicted molar refractivity (Wildman–Crippen MR) is 136 cm³/mol. The van der Waals surface area contributed by atoms with Crippen LogP contribution in [-0.4, -0.2) is 8.42 Å². The highest BCUT2D eigenvalue weighted by molar-refractivity contribution is 7.92. The number of nitrogens with one attached hydrogen (secondary N) is 2. The summed E-state index contributed by atoms with van der Waals surface area (Å²) in [6.45, 7) is 3.88. The van der Waals surface area contributed by atoms with Crippen LogP contribution in [0.3, 0.4) is 0 Å². The molecule has 2 N–H and O–H groups in total. The molecule has 3 unspecified atom stereocenters. The zero-order valence-corrected chi connectivity index (χ0v) is 20.6. The van der Waals surface area contributed by atoms with Gasteiger partial charge in [0.1, 0.15) is 0 Å². The van der Waals surface area contributed by atoms with Gasteiger partial charge in [-0.15, -0.1) is 0 Å². The Hall–Kier alpha value is -2.47. The molecule has 0 fully saturated rings. The molecule has 1 aliphatic heterocycles. The van der Waals surface area contributed by atoms with Crippen molar-refractivity contribution in [2.24, 2.45) is 5.92 Å². The van der Waals surface area contributed by atoms with Gasteiger partial charge in [-0.25, -0.2) is 8.42 Å². The monoisotopic (exact) mass is 498 g/mol. The van der Waals surface area contributed by atoms with Gasteiger partial charge in [-0.2, -0.15) is 0 Å². The molecule has 170 valence electrons. The van der Waals surface area contributed by atoms with E-state index in [0.29, 0.717) is 15.7 Å². The Morgan fingerprint density at radius 1 is 0.970 bits per heavy atom. The smallest absolute Gasteiger partial charge is 0.261 e. The van der Waals surface area contributed by atoms with E-state index in [9.17, 15) is 8.42 Å². The summed E-state index contributed by atoms with van der Waals surface area (Å²) in [7, 11) is -3.73. The number of aryl methyl sites for hydroxylation is 2. The van der Waals surface area contributed by atoms with Crippen molar-refractivity contribution in [1.29, 1.82) is 0 Å². The minimum Gasteiger partial charge on any atom is -0.378 e. The standard InChI is InChI=1S/C26H24Cl2N2O2S/c1-15-6-10-24(16(2)12-15)30-33(31,32)18-8-11-25-22(14-18)19-4-3-5-20(19)26(29-25)21-9-7-17(27)13-23(21)28/h3-4,6-14,19-20,26,29-30H,5H2,1-2H3. The molecule has 0 spiro atoms. The molecule has 4 nitrogen and oxygen atoms in total. The van der Waals surface area contributed by atoms with E-state index < -0.39 is 10.0 Å². The first-order valence-corrected chi connectivity index (χ1v) is 13.1. The number of halogens is 2. The van der Waals surface area contributed by atoms with Crippen molar-refractivity contribution >= 4 is 44.6 Å². The minimum absolute atomic E-state index is 0.0121. The van der Waals surface area contributed by atoms with E-state index in [-0.39, 0.29) is 22.8 Å². The average Bonchev–Trinajstić information content (AvgIpc) is 3.25. The molecule has 0 aromatic heterocycles. The van der Waals surface area contributed by atoms with Crippen LogP contribution in [0.4, 0.5) is 11.4 Å². The van der Waals surface area contributed by atoms with Gasteiger partial charge in [0, 0.05) is 21.7 Å². The van der Waals surface area contributed by atoms with E-state index in [1.54, 1.807) is 24.3 Å². The Bertz CT molecular complexity index is 1390. The second-order valence-electron chi connectivity index (χ2n) is 8.81. The van der Waals surface area contributed by atoms with Crippen LogP contribution in [-0.2, 0) is 10.0 Å². The Morgan fingerprint density at radius 2 is 1.79 bits per heavy atom. The van der Waals surface area contributed by atoms with Gasteiger partial charge in [0.25, 0.3) is 10.0 Å². The second-order valence-corrected chi connectivity index (χ2v) is 11.3. The highest BCUT2D eigenvalue weighted by atomic mass is 35.5. The maximum atomic E-state index is 13.2. The first-order chi connectivity index (χ1) is 15.7. The number of fused-ring (bicyclic) bond motifs is 3. The van der Waals surface area contributed by atoms with Gasteiger partial charge >= 0.3 is 0 Å². The third kappa shape index (κ3) is 4.14. The number of benzene rings is 3. The van der Waals surface area contributed by atoms with E-state index >= 15 is 0 Å². The molecule has 5 rings (SSSR count). The van der Waals surface area contributed by atoms with Gasteiger partial charge in [0.15, 0.2) is 0 Å². The molecule has 3 aromatic carbocycles. The molecule has 7 heteroatoms. The summed E-state index contributed by atoms with van der Waals surface area (Å²) in [4.78, 5) is 0.255. The third-order valence-electron chi connectivity index (χ3n) is 6.57. The molecule has 0 saturated heterocycles. The van der Waals surface area contributed by atoms with Gasteiger partial charge in [0.05, 0.1) is 16.6 Å². The summed E-state index contributed by atoms with van der Waals surface area (Å²) in [6.07, 6.45) is 5.23. The SMILES string of the molecule is Cc1ccc(NS(=O)(=O)c2ccc3c(c2)C2C=CCC2C(c2ccc(Cl)cc2Cl)N3)c(C)c1. The lowest BCUT2D eigenvalue weighted by Crippen LogP contribution is -2.29. The van der Waals surface area contributed by atoms with Crippen LogP contribution >= 0.6 is 23.2 Å². The molecule has 0 bridgehead atoms.